The first-order chi connectivity index (χ1) is 7.68. The minimum Gasteiger partial charge on any atom is -0.150 e. The molecule has 3 heteroatoms. The number of hydrogen-bond donors (Lipinski definition) is 0. The summed E-state index contributed by atoms with van der Waals surface area (Å²) in [6.45, 7) is 2.20. The maximum Gasteiger partial charge on any atom is 0.237 e. The van der Waals surface area contributed by atoms with Crippen LogP contribution in [0.5, 0.6) is 0 Å². The Kier molecular flexibility index (Phi) is 3.90. The van der Waals surface area contributed by atoms with Crippen molar-refractivity contribution in [2.24, 2.45) is 0 Å². The molecule has 84 valence electrons. The molecule has 0 heterocycles. The van der Waals surface area contributed by atoms with Gasteiger partial charge >= 0.3 is 0 Å². The van der Waals surface area contributed by atoms with E-state index in [-0.39, 0.29) is 0 Å². The van der Waals surface area contributed by atoms with Crippen LogP contribution in [-0.4, -0.2) is 7.42 Å². The summed E-state index contributed by atoms with van der Waals surface area (Å²) >= 11 is 12.0. The molecule has 0 N–H and O–H groups in total. The van der Waals surface area contributed by atoms with Gasteiger partial charge in [-0.1, -0.05) is 49.4 Å². The van der Waals surface area contributed by atoms with Crippen LogP contribution >= 0.6 is 22.2 Å². The van der Waals surface area contributed by atoms with Crippen LogP contribution in [-0.2, 0) is 0 Å². The van der Waals surface area contributed by atoms with Crippen molar-refractivity contribution < 1.29 is 0 Å². The van der Waals surface area contributed by atoms with E-state index in [0.717, 1.165) is 6.04 Å². The van der Waals surface area contributed by atoms with Gasteiger partial charge in [0.1, 0.15) is 0 Å². The van der Waals surface area contributed by atoms with Crippen molar-refractivity contribution in [1.82, 2.24) is 0 Å². The van der Waals surface area contributed by atoms with Crippen LogP contribution in [0.3, 0.4) is 0 Å². The Bertz CT molecular complexity index is 477. The first kappa shape index (κ1) is 12.0. The molecule has 0 aliphatic rings. The predicted molar refractivity (Wildman–Crippen MR) is 76.0 cm³/mol. The van der Waals surface area contributed by atoms with Crippen molar-refractivity contribution in [3.05, 3.63) is 48.0 Å². The van der Waals surface area contributed by atoms with E-state index in [2.05, 4.69) is 49.4 Å². The van der Waals surface area contributed by atoms with Gasteiger partial charge in [-0.2, -0.15) is 22.2 Å². The largest absolute Gasteiger partial charge is 0.237 e. The van der Waals surface area contributed by atoms with Crippen LogP contribution in [0.15, 0.2) is 42.5 Å². The molecule has 0 spiro atoms. The molecular formula is C13H14Cl2Si. The fourth-order valence-electron chi connectivity index (χ4n) is 2.07. The highest BCUT2D eigenvalue weighted by Gasteiger charge is 2.13. The third-order valence-electron chi connectivity index (χ3n) is 2.89. The van der Waals surface area contributed by atoms with Gasteiger partial charge in [0, 0.05) is 0 Å². The van der Waals surface area contributed by atoms with E-state index in [0.29, 0.717) is 5.92 Å². The van der Waals surface area contributed by atoms with Crippen molar-refractivity contribution in [1.29, 1.82) is 0 Å². The molecular weight excluding hydrogens is 255 g/mol. The fourth-order valence-corrected chi connectivity index (χ4v) is 4.47. The highest BCUT2D eigenvalue weighted by atomic mass is 35.7. The molecule has 2 aromatic carbocycles. The Morgan fingerprint density at radius 1 is 1.06 bits per heavy atom. The second-order valence-electron chi connectivity index (χ2n) is 4.10. The molecule has 0 aliphatic carbocycles. The van der Waals surface area contributed by atoms with Gasteiger partial charge in [-0.3, -0.25) is 0 Å². The van der Waals surface area contributed by atoms with Crippen molar-refractivity contribution in [3.8, 4) is 0 Å². The molecule has 1 unspecified atom stereocenters. The molecule has 0 nitrogen and oxygen atoms in total. The van der Waals surface area contributed by atoms with Gasteiger partial charge in [0.15, 0.2) is 0 Å². The minimum absolute atomic E-state index is 0.442. The quantitative estimate of drug-likeness (QED) is 0.562. The molecule has 0 saturated heterocycles. The van der Waals surface area contributed by atoms with Gasteiger partial charge in [0.25, 0.3) is 0 Å². The molecule has 0 amide bonds. The summed E-state index contributed by atoms with van der Waals surface area (Å²) in [5.74, 6) is 0.442. The Hall–Kier alpha value is -0.503. The van der Waals surface area contributed by atoms with Gasteiger partial charge in [0.2, 0.25) is 7.42 Å². The molecule has 2 aromatic rings. The van der Waals surface area contributed by atoms with Crippen molar-refractivity contribution in [2.75, 3.05) is 0 Å². The molecule has 0 fully saturated rings. The summed E-state index contributed by atoms with van der Waals surface area (Å²) in [6, 6.07) is 15.8. The third kappa shape index (κ3) is 2.60. The molecule has 0 aliphatic heterocycles. The monoisotopic (exact) mass is 268 g/mol. The van der Waals surface area contributed by atoms with Crippen LogP contribution in [0.1, 0.15) is 18.4 Å². The van der Waals surface area contributed by atoms with Crippen LogP contribution in [0.2, 0.25) is 6.04 Å². The second kappa shape index (κ2) is 5.22. The highest BCUT2D eigenvalue weighted by molar-refractivity contribution is 7.33. The van der Waals surface area contributed by atoms with E-state index in [1.54, 1.807) is 0 Å². The lowest BCUT2D eigenvalue weighted by Crippen LogP contribution is -2.01. The van der Waals surface area contributed by atoms with Gasteiger partial charge < -0.3 is 0 Å². The third-order valence-corrected chi connectivity index (χ3v) is 5.02. The second-order valence-corrected chi connectivity index (χ2v) is 9.18. The SMILES string of the molecule is CC(C[SiH](Cl)Cl)c1cccc2ccccc12. The van der Waals surface area contributed by atoms with Crippen LogP contribution in [0.4, 0.5) is 0 Å². The predicted octanol–water partition coefficient (Wildman–Crippen LogP) is 4.64. The first-order valence-electron chi connectivity index (χ1n) is 5.44. The Labute approximate surface area is 107 Å². The Morgan fingerprint density at radius 3 is 2.50 bits per heavy atom. The van der Waals surface area contributed by atoms with E-state index in [1.165, 1.54) is 16.3 Å². The summed E-state index contributed by atoms with van der Waals surface area (Å²) in [5, 5.41) is 2.61. The zero-order chi connectivity index (χ0) is 11.5. The van der Waals surface area contributed by atoms with Crippen molar-refractivity contribution in [3.63, 3.8) is 0 Å². The van der Waals surface area contributed by atoms with Gasteiger partial charge in [0.05, 0.1) is 0 Å². The number of halogens is 2. The Morgan fingerprint density at radius 2 is 1.75 bits per heavy atom. The molecule has 0 bridgehead atoms. The molecule has 0 saturated carbocycles. The van der Waals surface area contributed by atoms with Crippen LogP contribution < -0.4 is 0 Å². The summed E-state index contributed by atoms with van der Waals surface area (Å²) in [5.41, 5.74) is 1.36. The topological polar surface area (TPSA) is 0 Å². The summed E-state index contributed by atoms with van der Waals surface area (Å²) < 4.78 is 0. The zero-order valence-electron chi connectivity index (χ0n) is 9.16. The van der Waals surface area contributed by atoms with Crippen LogP contribution in [0, 0.1) is 0 Å². The lowest BCUT2D eigenvalue weighted by Gasteiger charge is -2.14. The first-order valence-corrected chi connectivity index (χ1v) is 9.75. The molecule has 1 atom stereocenters. The average molecular weight is 269 g/mol. The van der Waals surface area contributed by atoms with E-state index in [1.807, 2.05) is 0 Å². The molecule has 0 radical (unpaired) electrons. The zero-order valence-corrected chi connectivity index (χ0v) is 11.8. The number of hydrogen-bond acceptors (Lipinski definition) is 0. The van der Waals surface area contributed by atoms with Crippen molar-refractivity contribution in [2.45, 2.75) is 18.9 Å². The standard InChI is InChI=1S/C13H14Cl2Si/c1-10(9-16(14)15)12-8-4-6-11-5-2-3-7-13(11)12/h2-8,10,16H,9H2,1H3. The van der Waals surface area contributed by atoms with E-state index in [9.17, 15) is 0 Å². The smallest absolute Gasteiger partial charge is 0.150 e. The fraction of sp³-hybridized carbons (Fsp3) is 0.231. The molecule has 2 rings (SSSR count). The van der Waals surface area contributed by atoms with E-state index in [4.69, 9.17) is 22.2 Å². The normalized spacial score (nSPS) is 13.2. The maximum atomic E-state index is 5.98. The van der Waals surface area contributed by atoms with E-state index >= 15 is 0 Å². The number of fused-ring (bicyclic) bond motifs is 1. The molecule has 16 heavy (non-hydrogen) atoms. The Balaban J connectivity index is 2.44. The highest BCUT2D eigenvalue weighted by Crippen LogP contribution is 2.29. The number of benzene rings is 2. The van der Waals surface area contributed by atoms with E-state index < -0.39 is 7.42 Å². The lowest BCUT2D eigenvalue weighted by atomic mass is 9.96. The van der Waals surface area contributed by atoms with Crippen LogP contribution in [0.25, 0.3) is 10.8 Å². The minimum atomic E-state index is -1.53. The van der Waals surface area contributed by atoms with Gasteiger partial charge in [-0.05, 0) is 28.3 Å². The maximum absolute atomic E-state index is 5.98. The summed E-state index contributed by atoms with van der Waals surface area (Å²) in [7, 11) is -1.53. The lowest BCUT2D eigenvalue weighted by molar-refractivity contribution is 0.870. The molecule has 0 aromatic heterocycles. The van der Waals surface area contributed by atoms with Crippen molar-refractivity contribution >= 4 is 40.3 Å². The van der Waals surface area contributed by atoms with Gasteiger partial charge in [-0.25, -0.2) is 0 Å². The average Bonchev–Trinajstić information content (AvgIpc) is 2.27. The summed E-state index contributed by atoms with van der Waals surface area (Å²) in [4.78, 5) is 0. The number of rotatable bonds is 3. The van der Waals surface area contributed by atoms with Gasteiger partial charge in [-0.15, -0.1) is 0 Å². The summed E-state index contributed by atoms with van der Waals surface area (Å²) in [6.07, 6.45) is 0.